The maximum Gasteiger partial charge on any atom is 0.170 e. The van der Waals surface area contributed by atoms with Gasteiger partial charge in [0.25, 0.3) is 0 Å². The first-order valence-corrected chi connectivity index (χ1v) is 4.20. The fourth-order valence-electron chi connectivity index (χ4n) is 0.997. The molecule has 1 aromatic carbocycles. The van der Waals surface area contributed by atoms with Crippen LogP contribution in [0.1, 0.15) is 6.92 Å². The van der Waals surface area contributed by atoms with E-state index in [2.05, 4.69) is 6.07 Å². The van der Waals surface area contributed by atoms with Gasteiger partial charge in [-0.15, -0.1) is 0 Å². The summed E-state index contributed by atoms with van der Waals surface area (Å²) in [6.45, 7) is 2.77. The van der Waals surface area contributed by atoms with Gasteiger partial charge in [0.05, 0.1) is 5.69 Å². The van der Waals surface area contributed by atoms with E-state index in [0.29, 0.717) is 5.11 Å². The highest BCUT2D eigenvalue weighted by Gasteiger charge is 2.04. The fourth-order valence-corrected chi connectivity index (χ4v) is 1.22. The zero-order valence-corrected chi connectivity index (χ0v) is 7.77. The third-order valence-corrected chi connectivity index (χ3v) is 1.79. The molecule has 0 unspecified atom stereocenters. The van der Waals surface area contributed by atoms with Crippen LogP contribution in [-0.2, 0) is 0 Å². The summed E-state index contributed by atoms with van der Waals surface area (Å²) in [5.41, 5.74) is 6.44. The Bertz CT molecular complexity index is 258. The van der Waals surface area contributed by atoms with E-state index < -0.39 is 0 Å². The third-order valence-electron chi connectivity index (χ3n) is 1.57. The van der Waals surface area contributed by atoms with Crippen LogP contribution in [0.4, 0.5) is 5.69 Å². The normalized spacial score (nSPS) is 9.42. The maximum atomic E-state index is 5.52. The van der Waals surface area contributed by atoms with Crippen molar-refractivity contribution in [1.82, 2.24) is 0 Å². The van der Waals surface area contributed by atoms with E-state index in [4.69, 9.17) is 18.0 Å². The molecule has 2 nitrogen and oxygen atoms in total. The first-order chi connectivity index (χ1) is 5.75. The molecular weight excluding hydrogens is 168 g/mol. The zero-order chi connectivity index (χ0) is 8.97. The Hall–Kier alpha value is -1.09. The summed E-state index contributed by atoms with van der Waals surface area (Å²) in [4.78, 5) is 1.83. The molecule has 0 aliphatic rings. The minimum absolute atomic E-state index is 0.389. The van der Waals surface area contributed by atoms with Gasteiger partial charge in [-0.05, 0) is 25.2 Å². The van der Waals surface area contributed by atoms with E-state index in [9.17, 15) is 0 Å². The van der Waals surface area contributed by atoms with Crippen LogP contribution >= 0.6 is 12.2 Å². The Balaban J connectivity index is 2.88. The molecule has 0 bridgehead atoms. The second kappa shape index (κ2) is 4.07. The minimum atomic E-state index is 0.389. The summed E-state index contributed by atoms with van der Waals surface area (Å²) < 4.78 is 0. The van der Waals surface area contributed by atoms with Crippen LogP contribution in [0.5, 0.6) is 0 Å². The van der Waals surface area contributed by atoms with Gasteiger partial charge < -0.3 is 10.6 Å². The van der Waals surface area contributed by atoms with Gasteiger partial charge in [-0.2, -0.15) is 0 Å². The molecule has 0 amide bonds. The van der Waals surface area contributed by atoms with Crippen molar-refractivity contribution >= 4 is 23.0 Å². The van der Waals surface area contributed by atoms with Crippen molar-refractivity contribution in [3.63, 3.8) is 0 Å². The first kappa shape index (κ1) is 9.00. The van der Waals surface area contributed by atoms with Crippen LogP contribution in [0.3, 0.4) is 0 Å². The highest BCUT2D eigenvalue weighted by atomic mass is 32.1. The van der Waals surface area contributed by atoms with Gasteiger partial charge in [-0.3, -0.25) is 0 Å². The SMILES string of the molecule is CCN(C(N)=S)c1[c]cccc1. The van der Waals surface area contributed by atoms with Gasteiger partial charge in [-0.25, -0.2) is 0 Å². The quantitative estimate of drug-likeness (QED) is 0.698. The van der Waals surface area contributed by atoms with Crippen molar-refractivity contribution in [3.05, 3.63) is 30.3 Å². The molecular formula is C9H11N2S. The average Bonchev–Trinajstić information content (AvgIpc) is 2.07. The van der Waals surface area contributed by atoms with Crippen molar-refractivity contribution in [2.24, 2.45) is 5.73 Å². The van der Waals surface area contributed by atoms with E-state index in [1.165, 1.54) is 0 Å². The Kier molecular flexibility index (Phi) is 3.05. The molecule has 3 heteroatoms. The van der Waals surface area contributed by atoms with Crippen molar-refractivity contribution in [3.8, 4) is 0 Å². The predicted octanol–water partition coefficient (Wildman–Crippen LogP) is 1.56. The van der Waals surface area contributed by atoms with E-state index >= 15 is 0 Å². The van der Waals surface area contributed by atoms with E-state index in [0.717, 1.165) is 12.2 Å². The van der Waals surface area contributed by atoms with Gasteiger partial charge in [0.15, 0.2) is 5.11 Å². The molecule has 1 rings (SSSR count). The second-order valence-corrected chi connectivity index (χ2v) is 2.75. The highest BCUT2D eigenvalue weighted by Crippen LogP contribution is 2.10. The Morgan fingerprint density at radius 1 is 1.67 bits per heavy atom. The van der Waals surface area contributed by atoms with E-state index in [1.54, 1.807) is 0 Å². The number of nitrogens with two attached hydrogens (primary N) is 1. The van der Waals surface area contributed by atoms with Crippen LogP contribution in [0, 0.1) is 6.07 Å². The van der Waals surface area contributed by atoms with Crippen LogP contribution in [0.15, 0.2) is 24.3 Å². The minimum Gasteiger partial charge on any atom is -0.376 e. The average molecular weight is 179 g/mol. The van der Waals surface area contributed by atoms with Crippen molar-refractivity contribution < 1.29 is 0 Å². The lowest BCUT2D eigenvalue weighted by atomic mass is 10.3. The van der Waals surface area contributed by atoms with Gasteiger partial charge in [-0.1, -0.05) is 18.2 Å². The molecule has 0 aliphatic carbocycles. The molecule has 0 saturated carbocycles. The molecule has 0 heterocycles. The van der Waals surface area contributed by atoms with Crippen molar-refractivity contribution in [2.45, 2.75) is 6.92 Å². The van der Waals surface area contributed by atoms with E-state index in [1.807, 2.05) is 36.1 Å². The molecule has 0 atom stereocenters. The van der Waals surface area contributed by atoms with Crippen LogP contribution in [0.25, 0.3) is 0 Å². The molecule has 0 saturated heterocycles. The lowest BCUT2D eigenvalue weighted by Crippen LogP contribution is -2.35. The smallest absolute Gasteiger partial charge is 0.170 e. The maximum absolute atomic E-state index is 5.52. The summed E-state index contributed by atoms with van der Waals surface area (Å²) in [7, 11) is 0. The van der Waals surface area contributed by atoms with Gasteiger partial charge in [0, 0.05) is 12.6 Å². The highest BCUT2D eigenvalue weighted by molar-refractivity contribution is 7.80. The Morgan fingerprint density at radius 2 is 2.42 bits per heavy atom. The number of rotatable bonds is 2. The number of anilines is 1. The lowest BCUT2D eigenvalue weighted by molar-refractivity contribution is 1.06. The summed E-state index contributed by atoms with van der Waals surface area (Å²) in [6.07, 6.45) is 0. The Labute approximate surface area is 78.0 Å². The molecule has 63 valence electrons. The standard InChI is InChI=1S/C9H11N2S/c1-2-11(9(10)12)8-6-4-3-5-7-8/h3-6H,2H2,1H3,(H2,10,12). The zero-order valence-electron chi connectivity index (χ0n) is 6.95. The van der Waals surface area contributed by atoms with Gasteiger partial charge in [0.2, 0.25) is 0 Å². The summed E-state index contributed by atoms with van der Waals surface area (Å²) in [6, 6.07) is 10.7. The van der Waals surface area contributed by atoms with Crippen LogP contribution in [-0.4, -0.2) is 11.7 Å². The monoisotopic (exact) mass is 179 g/mol. The number of nitrogens with zero attached hydrogens (tertiary/aromatic N) is 1. The van der Waals surface area contributed by atoms with Crippen LogP contribution in [0.2, 0.25) is 0 Å². The largest absolute Gasteiger partial charge is 0.376 e. The van der Waals surface area contributed by atoms with Crippen LogP contribution < -0.4 is 10.6 Å². The predicted molar refractivity (Wildman–Crippen MR) is 55.1 cm³/mol. The van der Waals surface area contributed by atoms with Crippen molar-refractivity contribution in [2.75, 3.05) is 11.4 Å². The molecule has 0 fully saturated rings. The fraction of sp³-hybridized carbons (Fsp3) is 0.222. The van der Waals surface area contributed by atoms with Gasteiger partial charge in [0.1, 0.15) is 0 Å². The summed E-state index contributed by atoms with van der Waals surface area (Å²) in [5.74, 6) is 0. The number of benzene rings is 1. The lowest BCUT2D eigenvalue weighted by Gasteiger charge is -2.19. The summed E-state index contributed by atoms with van der Waals surface area (Å²) in [5, 5.41) is 0.389. The molecule has 1 aromatic rings. The van der Waals surface area contributed by atoms with Gasteiger partial charge >= 0.3 is 0 Å². The first-order valence-electron chi connectivity index (χ1n) is 3.79. The molecule has 0 aromatic heterocycles. The third kappa shape index (κ3) is 1.95. The Morgan fingerprint density at radius 3 is 2.83 bits per heavy atom. The number of thiocarbonyl (C=S) groups is 1. The van der Waals surface area contributed by atoms with E-state index in [-0.39, 0.29) is 0 Å². The van der Waals surface area contributed by atoms with Crippen molar-refractivity contribution in [1.29, 1.82) is 0 Å². The summed E-state index contributed by atoms with van der Waals surface area (Å²) >= 11 is 4.88. The molecule has 1 radical (unpaired) electrons. The second-order valence-electron chi connectivity index (χ2n) is 2.33. The topological polar surface area (TPSA) is 29.3 Å². The molecule has 0 spiro atoms. The number of hydrogen-bond acceptors (Lipinski definition) is 1. The number of hydrogen-bond donors (Lipinski definition) is 1. The molecule has 12 heavy (non-hydrogen) atoms. The molecule has 2 N–H and O–H groups in total. The number of para-hydroxylation sites is 1. The molecule has 0 aliphatic heterocycles.